The molecule has 1 heterocycles. The molecule has 0 bridgehead atoms. The average Bonchev–Trinajstić information content (AvgIpc) is 2.72. The first-order valence-electron chi connectivity index (χ1n) is 9.39. The van der Waals surface area contributed by atoms with Crippen molar-refractivity contribution in [2.75, 3.05) is 20.2 Å². The van der Waals surface area contributed by atoms with Gasteiger partial charge in [0, 0.05) is 24.2 Å². The number of hydrogen-bond donors (Lipinski definition) is 1. The van der Waals surface area contributed by atoms with Crippen molar-refractivity contribution in [3.63, 3.8) is 0 Å². The number of aryl methyl sites for hydroxylation is 1. The Bertz CT molecular complexity index is 776. The molecule has 0 unspecified atom stereocenters. The number of nitrogens with two attached hydrogens (primary N) is 1. The molecule has 1 fully saturated rings. The number of piperidine rings is 1. The minimum absolute atomic E-state index is 0.0274. The quantitative estimate of drug-likeness (QED) is 0.853. The van der Waals surface area contributed by atoms with Gasteiger partial charge in [0.1, 0.15) is 5.75 Å². The number of methoxy groups -OCH3 is 1. The van der Waals surface area contributed by atoms with Gasteiger partial charge in [-0.25, -0.2) is 0 Å². The highest BCUT2D eigenvalue weighted by Crippen LogP contribution is 2.24. The summed E-state index contributed by atoms with van der Waals surface area (Å²) in [5, 5.41) is 0. The Labute approximate surface area is 160 Å². The van der Waals surface area contributed by atoms with Gasteiger partial charge >= 0.3 is 0 Å². The molecule has 5 nitrogen and oxygen atoms in total. The van der Waals surface area contributed by atoms with Crippen LogP contribution in [-0.4, -0.2) is 36.9 Å². The first kappa shape index (κ1) is 19.0. The monoisotopic (exact) mass is 366 g/mol. The molecule has 3 rings (SSSR count). The van der Waals surface area contributed by atoms with E-state index < -0.39 is 5.91 Å². The van der Waals surface area contributed by atoms with Gasteiger partial charge in [0.15, 0.2) is 0 Å². The molecule has 0 aliphatic carbocycles. The molecule has 0 aromatic heterocycles. The molecule has 0 atom stereocenters. The van der Waals surface area contributed by atoms with Crippen LogP contribution in [0.4, 0.5) is 0 Å². The van der Waals surface area contributed by atoms with Crippen molar-refractivity contribution in [2.24, 2.45) is 11.7 Å². The molecule has 2 aromatic carbocycles. The van der Waals surface area contributed by atoms with Gasteiger partial charge in [-0.1, -0.05) is 12.1 Å². The minimum atomic E-state index is -0.480. The second kappa shape index (κ2) is 8.71. The van der Waals surface area contributed by atoms with Crippen LogP contribution in [0.1, 0.15) is 45.5 Å². The molecule has 0 radical (unpaired) electrons. The van der Waals surface area contributed by atoms with E-state index in [4.69, 9.17) is 10.5 Å². The highest BCUT2D eigenvalue weighted by molar-refractivity contribution is 5.97. The zero-order valence-electron chi connectivity index (χ0n) is 15.7. The summed E-state index contributed by atoms with van der Waals surface area (Å²) in [6.07, 6.45) is 4.25. The summed E-state index contributed by atoms with van der Waals surface area (Å²) in [7, 11) is 1.68. The second-order valence-electron chi connectivity index (χ2n) is 7.06. The standard InChI is InChI=1S/C22H26N2O3/c1-27-20-10-4-16(5-11-20)2-3-17-12-14-24(15-13-17)22(26)19-8-6-18(7-9-19)21(23)25/h4-11,17H,2-3,12-15H2,1H3,(H2,23,25). The van der Waals surface area contributed by atoms with Gasteiger partial charge in [0.2, 0.25) is 5.91 Å². The fourth-order valence-corrected chi connectivity index (χ4v) is 3.55. The number of carbonyl (C=O) groups is 2. The lowest BCUT2D eigenvalue weighted by Crippen LogP contribution is -2.38. The number of carbonyl (C=O) groups excluding carboxylic acids is 2. The van der Waals surface area contributed by atoms with E-state index in [-0.39, 0.29) is 5.91 Å². The smallest absolute Gasteiger partial charge is 0.253 e. The SMILES string of the molecule is COc1ccc(CCC2CCN(C(=O)c3ccc(C(N)=O)cc3)CC2)cc1. The molecule has 142 valence electrons. The van der Waals surface area contributed by atoms with Crippen LogP contribution in [0.5, 0.6) is 5.75 Å². The molecule has 27 heavy (non-hydrogen) atoms. The summed E-state index contributed by atoms with van der Waals surface area (Å²) in [6.45, 7) is 1.56. The van der Waals surface area contributed by atoms with Gasteiger partial charge in [-0.05, 0) is 73.6 Å². The third-order valence-corrected chi connectivity index (χ3v) is 5.32. The Balaban J connectivity index is 1.47. The van der Waals surface area contributed by atoms with E-state index in [2.05, 4.69) is 12.1 Å². The topological polar surface area (TPSA) is 72.6 Å². The van der Waals surface area contributed by atoms with E-state index in [0.717, 1.165) is 44.5 Å². The Morgan fingerprint density at radius 1 is 1.00 bits per heavy atom. The van der Waals surface area contributed by atoms with Crippen molar-refractivity contribution in [1.29, 1.82) is 0 Å². The van der Waals surface area contributed by atoms with Crippen LogP contribution in [0.25, 0.3) is 0 Å². The zero-order valence-corrected chi connectivity index (χ0v) is 15.7. The van der Waals surface area contributed by atoms with Gasteiger partial charge < -0.3 is 15.4 Å². The fraction of sp³-hybridized carbons (Fsp3) is 0.364. The molecule has 1 saturated heterocycles. The summed E-state index contributed by atoms with van der Waals surface area (Å²) in [6, 6.07) is 14.8. The zero-order chi connectivity index (χ0) is 19.2. The maximum absolute atomic E-state index is 12.6. The van der Waals surface area contributed by atoms with E-state index in [1.54, 1.807) is 31.4 Å². The third kappa shape index (κ3) is 4.88. The Hall–Kier alpha value is -2.82. The number of nitrogens with zero attached hydrogens (tertiary/aromatic N) is 1. The molecule has 1 aliphatic heterocycles. The molecule has 2 amide bonds. The van der Waals surface area contributed by atoms with E-state index in [1.165, 1.54) is 5.56 Å². The number of likely N-dealkylation sites (tertiary alicyclic amines) is 1. The van der Waals surface area contributed by atoms with Crippen LogP contribution >= 0.6 is 0 Å². The first-order valence-corrected chi connectivity index (χ1v) is 9.39. The van der Waals surface area contributed by atoms with Crippen LogP contribution in [-0.2, 0) is 6.42 Å². The van der Waals surface area contributed by atoms with Crippen molar-refractivity contribution in [2.45, 2.75) is 25.7 Å². The van der Waals surface area contributed by atoms with Gasteiger partial charge in [-0.2, -0.15) is 0 Å². The maximum atomic E-state index is 12.6. The summed E-state index contributed by atoms with van der Waals surface area (Å²) in [5.41, 5.74) is 7.59. The van der Waals surface area contributed by atoms with Crippen molar-refractivity contribution >= 4 is 11.8 Å². The predicted octanol–water partition coefficient (Wildman–Crippen LogP) is 3.28. The Kier molecular flexibility index (Phi) is 6.12. The van der Waals surface area contributed by atoms with E-state index in [9.17, 15) is 9.59 Å². The average molecular weight is 366 g/mol. The highest BCUT2D eigenvalue weighted by Gasteiger charge is 2.23. The summed E-state index contributed by atoms with van der Waals surface area (Å²) in [4.78, 5) is 25.7. The van der Waals surface area contributed by atoms with Crippen molar-refractivity contribution < 1.29 is 14.3 Å². The normalized spacial score (nSPS) is 14.8. The molecule has 2 aromatic rings. The van der Waals surface area contributed by atoms with E-state index in [1.807, 2.05) is 17.0 Å². The van der Waals surface area contributed by atoms with E-state index >= 15 is 0 Å². The van der Waals surface area contributed by atoms with Crippen LogP contribution in [0.3, 0.4) is 0 Å². The van der Waals surface area contributed by atoms with Crippen molar-refractivity contribution in [3.05, 3.63) is 65.2 Å². The first-order chi connectivity index (χ1) is 13.1. The molecular weight excluding hydrogens is 340 g/mol. The van der Waals surface area contributed by atoms with Crippen LogP contribution in [0.2, 0.25) is 0 Å². The maximum Gasteiger partial charge on any atom is 0.253 e. The summed E-state index contributed by atoms with van der Waals surface area (Å²) >= 11 is 0. The second-order valence-corrected chi connectivity index (χ2v) is 7.06. The molecule has 0 spiro atoms. The van der Waals surface area contributed by atoms with E-state index in [0.29, 0.717) is 17.0 Å². The largest absolute Gasteiger partial charge is 0.497 e. The number of benzene rings is 2. The Morgan fingerprint density at radius 3 is 2.15 bits per heavy atom. The van der Waals surface area contributed by atoms with Crippen LogP contribution < -0.4 is 10.5 Å². The van der Waals surface area contributed by atoms with Gasteiger partial charge in [0.25, 0.3) is 5.91 Å². The van der Waals surface area contributed by atoms with Crippen molar-refractivity contribution in [3.8, 4) is 5.75 Å². The third-order valence-electron chi connectivity index (χ3n) is 5.32. The molecule has 1 aliphatic rings. The number of rotatable bonds is 6. The summed E-state index contributed by atoms with van der Waals surface area (Å²) in [5.74, 6) is 1.08. The molecule has 0 saturated carbocycles. The Morgan fingerprint density at radius 2 is 1.59 bits per heavy atom. The van der Waals surface area contributed by atoms with Crippen LogP contribution in [0, 0.1) is 5.92 Å². The summed E-state index contributed by atoms with van der Waals surface area (Å²) < 4.78 is 5.19. The number of ether oxygens (including phenoxy) is 1. The molecular formula is C22H26N2O3. The number of hydrogen-bond acceptors (Lipinski definition) is 3. The highest BCUT2D eigenvalue weighted by atomic mass is 16.5. The predicted molar refractivity (Wildman–Crippen MR) is 105 cm³/mol. The van der Waals surface area contributed by atoms with Gasteiger partial charge in [-0.3, -0.25) is 9.59 Å². The van der Waals surface area contributed by atoms with Crippen molar-refractivity contribution in [1.82, 2.24) is 4.90 Å². The molecule has 2 N–H and O–H groups in total. The lowest BCUT2D eigenvalue weighted by molar-refractivity contribution is 0.0686. The van der Waals surface area contributed by atoms with Gasteiger partial charge in [-0.15, -0.1) is 0 Å². The van der Waals surface area contributed by atoms with Gasteiger partial charge in [0.05, 0.1) is 7.11 Å². The number of amides is 2. The fourth-order valence-electron chi connectivity index (χ4n) is 3.55. The number of primary amides is 1. The minimum Gasteiger partial charge on any atom is -0.497 e. The molecule has 5 heteroatoms. The van der Waals surface area contributed by atoms with Crippen LogP contribution in [0.15, 0.2) is 48.5 Å². The lowest BCUT2D eigenvalue weighted by Gasteiger charge is -2.32. The lowest BCUT2D eigenvalue weighted by atomic mass is 9.90.